The molecule has 0 unspecified atom stereocenters. The Morgan fingerprint density at radius 2 is 2.00 bits per heavy atom. The topological polar surface area (TPSA) is 57.5 Å². The maximum absolute atomic E-state index is 12.8. The van der Waals surface area contributed by atoms with Gasteiger partial charge in [0.1, 0.15) is 5.82 Å². The monoisotopic (exact) mass is 214 g/mol. The van der Waals surface area contributed by atoms with Gasteiger partial charge < -0.3 is 10.2 Å². The van der Waals surface area contributed by atoms with Crippen LogP contribution in [-0.2, 0) is 4.79 Å². The van der Waals surface area contributed by atoms with Crippen molar-refractivity contribution in [2.24, 2.45) is 0 Å². The first-order valence-electron chi connectivity index (χ1n) is 4.01. The molecule has 0 spiro atoms. The lowest BCUT2D eigenvalue weighted by atomic mass is 10.1. The smallest absolute Gasteiger partial charge is 0.331 e. The van der Waals surface area contributed by atoms with E-state index in [1.807, 2.05) is 0 Å². The molecule has 15 heavy (non-hydrogen) atoms. The third-order valence-corrected chi connectivity index (χ3v) is 1.77. The van der Waals surface area contributed by atoms with Crippen molar-refractivity contribution in [2.75, 3.05) is 0 Å². The van der Waals surface area contributed by atoms with Gasteiger partial charge in [-0.05, 0) is 19.1 Å². The SMILES string of the molecule is C/C(=C\c1cc(F)cc(F)c1O)C(=O)O. The van der Waals surface area contributed by atoms with E-state index in [-0.39, 0.29) is 11.1 Å². The van der Waals surface area contributed by atoms with Crippen LogP contribution in [0.3, 0.4) is 0 Å². The van der Waals surface area contributed by atoms with Crippen molar-refractivity contribution in [1.29, 1.82) is 0 Å². The number of hydrogen-bond donors (Lipinski definition) is 2. The van der Waals surface area contributed by atoms with Crippen LogP contribution in [-0.4, -0.2) is 16.2 Å². The molecule has 0 heterocycles. The molecule has 0 saturated carbocycles. The molecule has 1 aromatic rings. The van der Waals surface area contributed by atoms with E-state index < -0.39 is 23.4 Å². The minimum atomic E-state index is -1.22. The average Bonchev–Trinajstić information content (AvgIpc) is 2.13. The Bertz CT molecular complexity index is 439. The van der Waals surface area contributed by atoms with Gasteiger partial charge in [0.25, 0.3) is 0 Å². The summed E-state index contributed by atoms with van der Waals surface area (Å²) >= 11 is 0. The molecule has 0 saturated heterocycles. The highest BCUT2D eigenvalue weighted by atomic mass is 19.1. The van der Waals surface area contributed by atoms with E-state index in [4.69, 9.17) is 5.11 Å². The van der Waals surface area contributed by atoms with Gasteiger partial charge in [-0.25, -0.2) is 13.6 Å². The summed E-state index contributed by atoms with van der Waals surface area (Å²) in [6, 6.07) is 1.37. The van der Waals surface area contributed by atoms with Gasteiger partial charge in [0, 0.05) is 17.2 Å². The fourth-order valence-electron chi connectivity index (χ4n) is 0.991. The van der Waals surface area contributed by atoms with Gasteiger partial charge in [0.05, 0.1) is 0 Å². The van der Waals surface area contributed by atoms with E-state index in [0.717, 1.165) is 12.1 Å². The van der Waals surface area contributed by atoms with Gasteiger partial charge in [-0.2, -0.15) is 0 Å². The number of phenolic OH excluding ortho intramolecular Hbond substituents is 1. The molecule has 2 N–H and O–H groups in total. The summed E-state index contributed by atoms with van der Waals surface area (Å²) in [5, 5.41) is 17.7. The molecule has 0 aliphatic carbocycles. The predicted molar refractivity (Wildman–Crippen MR) is 49.3 cm³/mol. The summed E-state index contributed by atoms with van der Waals surface area (Å²) in [6.45, 7) is 1.25. The van der Waals surface area contributed by atoms with E-state index in [2.05, 4.69) is 0 Å². The van der Waals surface area contributed by atoms with Gasteiger partial charge in [-0.15, -0.1) is 0 Å². The van der Waals surface area contributed by atoms with Crippen molar-refractivity contribution in [3.8, 4) is 5.75 Å². The van der Waals surface area contributed by atoms with Crippen LogP contribution >= 0.6 is 0 Å². The van der Waals surface area contributed by atoms with Crippen molar-refractivity contribution in [2.45, 2.75) is 6.92 Å². The van der Waals surface area contributed by atoms with Crippen LogP contribution in [0, 0.1) is 11.6 Å². The number of hydrogen-bond acceptors (Lipinski definition) is 2. The number of carbonyl (C=O) groups is 1. The van der Waals surface area contributed by atoms with Gasteiger partial charge in [-0.1, -0.05) is 0 Å². The van der Waals surface area contributed by atoms with Crippen LogP contribution in [0.15, 0.2) is 17.7 Å². The second-order valence-electron chi connectivity index (χ2n) is 2.96. The Labute approximate surface area is 84.3 Å². The highest BCUT2D eigenvalue weighted by Crippen LogP contribution is 2.24. The lowest BCUT2D eigenvalue weighted by Crippen LogP contribution is -1.96. The van der Waals surface area contributed by atoms with Crippen LogP contribution in [0.2, 0.25) is 0 Å². The third kappa shape index (κ3) is 2.52. The highest BCUT2D eigenvalue weighted by Gasteiger charge is 2.09. The Kier molecular flexibility index (Phi) is 3.04. The molecular weight excluding hydrogens is 206 g/mol. The van der Waals surface area contributed by atoms with Crippen LogP contribution in [0.1, 0.15) is 12.5 Å². The maximum Gasteiger partial charge on any atom is 0.331 e. The molecule has 0 aliphatic heterocycles. The lowest BCUT2D eigenvalue weighted by molar-refractivity contribution is -0.132. The van der Waals surface area contributed by atoms with Crippen molar-refractivity contribution in [1.82, 2.24) is 0 Å². The van der Waals surface area contributed by atoms with Gasteiger partial charge in [0.15, 0.2) is 11.6 Å². The standard InChI is InChI=1S/C10H8F2O3/c1-5(10(14)15)2-6-3-7(11)4-8(12)9(6)13/h2-4,13H,1H3,(H,14,15)/b5-2+. The summed E-state index contributed by atoms with van der Waals surface area (Å²) in [7, 11) is 0. The second-order valence-corrected chi connectivity index (χ2v) is 2.96. The summed E-state index contributed by atoms with van der Waals surface area (Å²) < 4.78 is 25.6. The first kappa shape index (κ1) is 11.2. The minimum Gasteiger partial charge on any atom is -0.504 e. The number of aliphatic carboxylic acids is 1. The number of aromatic hydroxyl groups is 1. The Morgan fingerprint density at radius 3 is 2.53 bits per heavy atom. The number of benzene rings is 1. The zero-order valence-corrected chi connectivity index (χ0v) is 7.79. The summed E-state index contributed by atoms with van der Waals surface area (Å²) in [5.74, 6) is -4.00. The van der Waals surface area contributed by atoms with Gasteiger partial charge in [0.2, 0.25) is 0 Å². The summed E-state index contributed by atoms with van der Waals surface area (Å²) in [5.41, 5.74) is -0.331. The van der Waals surface area contributed by atoms with Crippen molar-refractivity contribution in [3.05, 3.63) is 34.9 Å². The van der Waals surface area contributed by atoms with Gasteiger partial charge >= 0.3 is 5.97 Å². The molecule has 5 heteroatoms. The molecule has 0 amide bonds. The molecule has 0 aliphatic rings. The van der Waals surface area contributed by atoms with Crippen LogP contribution in [0.25, 0.3) is 6.08 Å². The number of phenols is 1. The van der Waals surface area contributed by atoms with Crippen LogP contribution < -0.4 is 0 Å². The van der Waals surface area contributed by atoms with Crippen molar-refractivity contribution in [3.63, 3.8) is 0 Å². The summed E-state index contributed by atoms with van der Waals surface area (Å²) in [4.78, 5) is 10.4. The van der Waals surface area contributed by atoms with E-state index in [0.29, 0.717) is 6.07 Å². The lowest BCUT2D eigenvalue weighted by Gasteiger charge is -2.01. The molecule has 3 nitrogen and oxygen atoms in total. The van der Waals surface area contributed by atoms with Crippen molar-refractivity contribution >= 4 is 12.0 Å². The minimum absolute atomic E-state index is 0.129. The van der Waals surface area contributed by atoms with E-state index in [9.17, 15) is 18.7 Å². The Morgan fingerprint density at radius 1 is 1.40 bits per heavy atom. The molecule has 0 radical (unpaired) electrons. The Balaban J connectivity index is 3.26. The van der Waals surface area contributed by atoms with E-state index in [1.165, 1.54) is 6.92 Å². The fourth-order valence-corrected chi connectivity index (χ4v) is 0.991. The first-order valence-corrected chi connectivity index (χ1v) is 4.01. The molecule has 0 aromatic heterocycles. The molecule has 0 atom stereocenters. The second kappa shape index (κ2) is 4.08. The Hall–Kier alpha value is -1.91. The molecule has 0 bridgehead atoms. The molecule has 80 valence electrons. The van der Waals surface area contributed by atoms with E-state index in [1.54, 1.807) is 0 Å². The largest absolute Gasteiger partial charge is 0.504 e. The average molecular weight is 214 g/mol. The third-order valence-electron chi connectivity index (χ3n) is 1.77. The molecular formula is C10H8F2O3. The first-order chi connectivity index (χ1) is 6.91. The highest BCUT2D eigenvalue weighted by molar-refractivity contribution is 5.91. The van der Waals surface area contributed by atoms with E-state index >= 15 is 0 Å². The van der Waals surface area contributed by atoms with Crippen LogP contribution in [0.5, 0.6) is 5.75 Å². The number of halogens is 2. The predicted octanol–water partition coefficient (Wildman–Crippen LogP) is 2.16. The zero-order valence-electron chi connectivity index (χ0n) is 7.79. The van der Waals surface area contributed by atoms with Crippen molar-refractivity contribution < 1.29 is 23.8 Å². The molecule has 0 fully saturated rings. The zero-order chi connectivity index (χ0) is 11.6. The fraction of sp³-hybridized carbons (Fsp3) is 0.100. The normalized spacial score (nSPS) is 11.5. The van der Waals surface area contributed by atoms with Gasteiger partial charge in [-0.3, -0.25) is 0 Å². The quantitative estimate of drug-likeness (QED) is 0.741. The maximum atomic E-state index is 12.8. The summed E-state index contributed by atoms with van der Waals surface area (Å²) in [6.07, 6.45) is 0.990. The molecule has 1 rings (SSSR count). The van der Waals surface area contributed by atoms with Crippen LogP contribution in [0.4, 0.5) is 8.78 Å². The number of rotatable bonds is 2. The number of carboxylic acid groups (broad SMARTS) is 1. The number of carboxylic acids is 1. The molecule has 1 aromatic carbocycles.